The first kappa shape index (κ1) is 40.0. The van der Waals surface area contributed by atoms with Gasteiger partial charge in [-0.05, 0) is 72.7 Å². The standard InChI is InChI=1S/C19H19NOS.C16H14O3.C4H4O4.Na/c1-20-9-6-13(7-10-20)18-15-5-3-2-4-14(15)12-17(21)19-16(18)8-11-22-19;1-11(16(18)19)13-8-5-9-14(10-13)15(17)12-6-3-2-4-7-12;5-3(6)1-2-4(7)8;/h2-5,8,11H,6-7,9-10,12H2,1H3;2-11H,1H3,(H,18,19);1-2H,(H,5,6)(H,7,8);/q;;;+1/p-1/b;;2-1+;. The predicted octanol–water partition coefficient (Wildman–Crippen LogP) is 2.50. The van der Waals surface area contributed by atoms with Crippen molar-refractivity contribution in [1.82, 2.24) is 4.90 Å². The number of hydrogen-bond acceptors (Lipinski definition) is 8. The van der Waals surface area contributed by atoms with Crippen molar-refractivity contribution in [3.8, 4) is 0 Å². The Hall–Kier alpha value is -4.45. The Balaban J connectivity index is 0.000000222. The van der Waals surface area contributed by atoms with Crippen molar-refractivity contribution >= 4 is 46.4 Å². The Kier molecular flexibility index (Phi) is 15.3. The van der Waals surface area contributed by atoms with Crippen LogP contribution in [0.25, 0.3) is 5.57 Å². The molecule has 4 aromatic rings. The van der Waals surface area contributed by atoms with E-state index < -0.39 is 23.8 Å². The average molecular weight is 702 g/mol. The molecule has 0 amide bonds. The molecule has 0 radical (unpaired) electrons. The number of likely N-dealkylation sites (tertiary alicyclic amines) is 1. The Morgan fingerprint density at radius 2 is 1.48 bits per heavy atom. The number of carboxylic acid groups (broad SMARTS) is 3. The topological polar surface area (TPSA) is 152 Å². The summed E-state index contributed by atoms with van der Waals surface area (Å²) in [5, 5.41) is 28.3. The van der Waals surface area contributed by atoms with Crippen LogP contribution in [0, 0.1) is 0 Å². The predicted molar refractivity (Wildman–Crippen MR) is 186 cm³/mol. The van der Waals surface area contributed by atoms with Gasteiger partial charge in [-0.1, -0.05) is 78.4 Å². The van der Waals surface area contributed by atoms with Crippen molar-refractivity contribution in [3.05, 3.63) is 146 Å². The summed E-state index contributed by atoms with van der Waals surface area (Å²) in [4.78, 5) is 58.1. The van der Waals surface area contributed by atoms with E-state index in [2.05, 4.69) is 41.6 Å². The first-order valence-electron chi connectivity index (χ1n) is 15.6. The van der Waals surface area contributed by atoms with Gasteiger partial charge in [0.1, 0.15) is 0 Å². The number of aliphatic carboxylic acids is 3. The molecule has 9 nitrogen and oxygen atoms in total. The summed E-state index contributed by atoms with van der Waals surface area (Å²) in [5.41, 5.74) is 8.21. The third-order valence-corrected chi connectivity index (χ3v) is 9.14. The number of piperidine rings is 1. The van der Waals surface area contributed by atoms with E-state index in [9.17, 15) is 29.1 Å². The number of Topliss-reactive ketones (excluding diaryl/α,β-unsaturated/α-hetero) is 1. The molecule has 1 aromatic heterocycles. The number of nitrogens with zero attached hydrogens (tertiary/aromatic N) is 1. The van der Waals surface area contributed by atoms with E-state index in [-0.39, 0.29) is 41.1 Å². The van der Waals surface area contributed by atoms with Crippen molar-refractivity contribution < 1.29 is 68.8 Å². The molecule has 50 heavy (non-hydrogen) atoms. The molecule has 1 aliphatic carbocycles. The first-order valence-corrected chi connectivity index (χ1v) is 16.5. The van der Waals surface area contributed by atoms with E-state index in [1.54, 1.807) is 66.8 Å². The summed E-state index contributed by atoms with van der Waals surface area (Å²) in [6.07, 6.45) is 3.67. The maximum absolute atomic E-state index is 12.6. The third-order valence-electron chi connectivity index (χ3n) is 8.19. The summed E-state index contributed by atoms with van der Waals surface area (Å²) in [7, 11) is 2.18. The van der Waals surface area contributed by atoms with E-state index >= 15 is 0 Å². The van der Waals surface area contributed by atoms with Crippen LogP contribution >= 0.6 is 11.3 Å². The molecule has 1 saturated heterocycles. The van der Waals surface area contributed by atoms with Crippen LogP contribution in [0.15, 0.2) is 108 Å². The van der Waals surface area contributed by atoms with Gasteiger partial charge in [0, 0.05) is 42.3 Å². The zero-order valence-corrected chi connectivity index (χ0v) is 30.9. The number of rotatable bonds is 6. The minimum atomic E-state index is -1.51. The molecule has 2 N–H and O–H groups in total. The molecule has 0 saturated carbocycles. The quantitative estimate of drug-likeness (QED) is 0.176. The van der Waals surface area contributed by atoms with Crippen LogP contribution in [-0.4, -0.2) is 64.7 Å². The molecule has 0 spiro atoms. The van der Waals surface area contributed by atoms with Gasteiger partial charge in [-0.15, -0.1) is 11.3 Å². The molecular formula is C39H36NNaO8S. The SMILES string of the molecule is CC(C(=O)O)c1cccc(C(=O)c2ccccc2)c1.CN1CCC(=C2c3ccccc3CC(=O)c3sccc32)CC1.O=C([O-])/C=C/C(=O)O.[Na+]. The number of carbonyl (C=O) groups is 5. The van der Waals surface area contributed by atoms with Crippen LogP contribution in [-0.2, 0) is 20.8 Å². The van der Waals surface area contributed by atoms with Gasteiger partial charge in [0.2, 0.25) is 0 Å². The number of ketones is 2. The molecule has 2 heterocycles. The van der Waals surface area contributed by atoms with Crippen molar-refractivity contribution in [2.75, 3.05) is 20.1 Å². The van der Waals surface area contributed by atoms with Gasteiger partial charge in [-0.3, -0.25) is 14.4 Å². The molecule has 1 atom stereocenters. The van der Waals surface area contributed by atoms with Gasteiger partial charge in [0.05, 0.1) is 16.8 Å². The molecule has 1 fully saturated rings. The van der Waals surface area contributed by atoms with Gasteiger partial charge in [0.15, 0.2) is 11.6 Å². The van der Waals surface area contributed by atoms with Gasteiger partial charge < -0.3 is 25.0 Å². The number of fused-ring (bicyclic) bond motifs is 2. The molecule has 2 aliphatic rings. The van der Waals surface area contributed by atoms with Crippen LogP contribution in [0.4, 0.5) is 0 Å². The second kappa shape index (κ2) is 19.1. The molecule has 11 heteroatoms. The Morgan fingerprint density at radius 1 is 0.840 bits per heavy atom. The van der Waals surface area contributed by atoms with Crippen molar-refractivity contribution in [1.29, 1.82) is 0 Å². The van der Waals surface area contributed by atoms with Crippen molar-refractivity contribution in [3.63, 3.8) is 0 Å². The normalized spacial score (nSPS) is 14.3. The van der Waals surface area contributed by atoms with Gasteiger partial charge in [0.25, 0.3) is 0 Å². The third kappa shape index (κ3) is 10.8. The summed E-state index contributed by atoms with van der Waals surface area (Å²) >= 11 is 1.59. The van der Waals surface area contributed by atoms with Gasteiger partial charge >= 0.3 is 41.5 Å². The number of carbonyl (C=O) groups excluding carboxylic acids is 3. The zero-order valence-electron chi connectivity index (χ0n) is 28.1. The minimum Gasteiger partial charge on any atom is -0.545 e. The van der Waals surface area contributed by atoms with Crippen molar-refractivity contribution in [2.24, 2.45) is 0 Å². The van der Waals surface area contributed by atoms with Crippen LogP contribution < -0.4 is 34.7 Å². The first-order chi connectivity index (χ1) is 23.5. The summed E-state index contributed by atoms with van der Waals surface area (Å²) in [5.74, 6) is -4.16. The van der Waals surface area contributed by atoms with Crippen molar-refractivity contribution in [2.45, 2.75) is 32.1 Å². The molecule has 1 unspecified atom stereocenters. The van der Waals surface area contributed by atoms with Crippen LogP contribution in [0.1, 0.15) is 73.5 Å². The van der Waals surface area contributed by atoms with Gasteiger partial charge in [-0.2, -0.15) is 0 Å². The fraction of sp³-hybridized carbons (Fsp3) is 0.205. The summed E-state index contributed by atoms with van der Waals surface area (Å²) in [6, 6.07) is 26.3. The number of benzene rings is 3. The van der Waals surface area contributed by atoms with E-state index in [1.807, 2.05) is 12.1 Å². The maximum atomic E-state index is 12.6. The van der Waals surface area contributed by atoms with Gasteiger partial charge in [-0.25, -0.2) is 4.79 Å². The number of thiophene rings is 1. The van der Waals surface area contributed by atoms with E-state index in [1.165, 1.54) is 27.8 Å². The van der Waals surface area contributed by atoms with Crippen LogP contribution in [0.3, 0.4) is 0 Å². The summed E-state index contributed by atoms with van der Waals surface area (Å²) in [6.45, 7) is 3.82. The molecule has 3 aromatic carbocycles. The molecule has 252 valence electrons. The molecule has 6 rings (SSSR count). The van der Waals surface area contributed by atoms with E-state index in [4.69, 9.17) is 10.2 Å². The van der Waals surface area contributed by atoms with E-state index in [0.29, 0.717) is 35.3 Å². The Labute approximate surface area is 316 Å². The van der Waals surface area contributed by atoms with E-state index in [0.717, 1.165) is 30.8 Å². The molecule has 1 aliphatic heterocycles. The fourth-order valence-electron chi connectivity index (χ4n) is 5.55. The smallest absolute Gasteiger partial charge is 0.545 e. The molecular weight excluding hydrogens is 665 g/mol. The largest absolute Gasteiger partial charge is 1.00 e. The number of hydrogen-bond donors (Lipinski definition) is 2. The van der Waals surface area contributed by atoms with Crippen LogP contribution in [0.5, 0.6) is 0 Å². The molecule has 0 bridgehead atoms. The summed E-state index contributed by atoms with van der Waals surface area (Å²) < 4.78 is 0. The minimum absolute atomic E-state index is 0. The fourth-order valence-corrected chi connectivity index (χ4v) is 6.39. The number of carboxylic acids is 3. The zero-order chi connectivity index (χ0) is 35.5. The second-order valence-corrected chi connectivity index (χ2v) is 12.5. The van der Waals surface area contributed by atoms with Crippen LogP contribution in [0.2, 0.25) is 0 Å². The monoisotopic (exact) mass is 701 g/mol. The maximum Gasteiger partial charge on any atom is 1.00 e. The Bertz CT molecular complexity index is 1890. The average Bonchev–Trinajstić information content (AvgIpc) is 3.55. The Morgan fingerprint density at radius 3 is 2.10 bits per heavy atom. The second-order valence-electron chi connectivity index (χ2n) is 11.6.